The summed E-state index contributed by atoms with van der Waals surface area (Å²) < 4.78 is 0. The fraction of sp³-hybridized carbons (Fsp3) is 0.667. The van der Waals surface area contributed by atoms with Crippen LogP contribution in [0, 0.1) is 6.92 Å². The Morgan fingerprint density at radius 2 is 2.00 bits per heavy atom. The SMILES string of the molecule is CCNc1ncnc(NC(C)CSCC)c1C. The van der Waals surface area contributed by atoms with E-state index in [1.807, 2.05) is 18.7 Å². The van der Waals surface area contributed by atoms with Crippen LogP contribution < -0.4 is 10.6 Å². The zero-order valence-corrected chi connectivity index (χ0v) is 11.9. The summed E-state index contributed by atoms with van der Waals surface area (Å²) in [5.41, 5.74) is 1.09. The molecule has 2 N–H and O–H groups in total. The van der Waals surface area contributed by atoms with Gasteiger partial charge in [-0.25, -0.2) is 9.97 Å². The van der Waals surface area contributed by atoms with E-state index in [2.05, 4.69) is 41.4 Å². The van der Waals surface area contributed by atoms with Crippen molar-refractivity contribution in [1.82, 2.24) is 9.97 Å². The first-order valence-electron chi connectivity index (χ1n) is 6.08. The van der Waals surface area contributed by atoms with Gasteiger partial charge in [-0.2, -0.15) is 11.8 Å². The van der Waals surface area contributed by atoms with E-state index in [4.69, 9.17) is 0 Å². The van der Waals surface area contributed by atoms with Crippen LogP contribution in [-0.2, 0) is 0 Å². The van der Waals surface area contributed by atoms with Crippen molar-refractivity contribution in [2.24, 2.45) is 0 Å². The van der Waals surface area contributed by atoms with Crippen molar-refractivity contribution in [3.63, 3.8) is 0 Å². The van der Waals surface area contributed by atoms with Crippen molar-refractivity contribution in [2.45, 2.75) is 33.7 Å². The van der Waals surface area contributed by atoms with E-state index in [1.165, 1.54) is 0 Å². The summed E-state index contributed by atoms with van der Waals surface area (Å²) in [7, 11) is 0. The second kappa shape index (κ2) is 7.37. The monoisotopic (exact) mass is 254 g/mol. The molecule has 0 saturated carbocycles. The molecule has 5 heteroatoms. The van der Waals surface area contributed by atoms with Crippen LogP contribution in [-0.4, -0.2) is 34.1 Å². The largest absolute Gasteiger partial charge is 0.370 e. The molecule has 0 saturated heterocycles. The topological polar surface area (TPSA) is 49.8 Å². The van der Waals surface area contributed by atoms with Gasteiger partial charge >= 0.3 is 0 Å². The van der Waals surface area contributed by atoms with Crippen LogP contribution in [0.25, 0.3) is 0 Å². The van der Waals surface area contributed by atoms with Crippen molar-refractivity contribution >= 4 is 23.4 Å². The number of hydrogen-bond donors (Lipinski definition) is 2. The summed E-state index contributed by atoms with van der Waals surface area (Å²) in [5, 5.41) is 6.67. The van der Waals surface area contributed by atoms with Crippen molar-refractivity contribution in [2.75, 3.05) is 28.7 Å². The Hall–Kier alpha value is -0.970. The van der Waals surface area contributed by atoms with Gasteiger partial charge in [-0.3, -0.25) is 0 Å². The van der Waals surface area contributed by atoms with E-state index in [-0.39, 0.29) is 0 Å². The zero-order chi connectivity index (χ0) is 12.7. The minimum absolute atomic E-state index is 0.419. The lowest BCUT2D eigenvalue weighted by molar-refractivity contribution is 0.894. The Morgan fingerprint density at radius 3 is 2.65 bits per heavy atom. The highest BCUT2D eigenvalue weighted by atomic mass is 32.2. The summed E-state index contributed by atoms with van der Waals surface area (Å²) >= 11 is 1.93. The molecule has 1 rings (SSSR count). The molecular formula is C12H22N4S. The van der Waals surface area contributed by atoms with Gasteiger partial charge in [-0.05, 0) is 26.5 Å². The van der Waals surface area contributed by atoms with E-state index in [9.17, 15) is 0 Å². The van der Waals surface area contributed by atoms with Crippen molar-refractivity contribution in [1.29, 1.82) is 0 Å². The molecule has 0 radical (unpaired) electrons. The van der Waals surface area contributed by atoms with E-state index in [0.29, 0.717) is 6.04 Å². The Bertz CT molecular complexity index is 343. The van der Waals surface area contributed by atoms with Gasteiger partial charge in [0.2, 0.25) is 0 Å². The highest BCUT2D eigenvalue weighted by molar-refractivity contribution is 7.99. The van der Waals surface area contributed by atoms with Gasteiger partial charge in [0.15, 0.2) is 0 Å². The fourth-order valence-corrected chi connectivity index (χ4v) is 2.18. The summed E-state index contributed by atoms with van der Waals surface area (Å²) in [6.07, 6.45) is 1.60. The molecule has 0 aliphatic carbocycles. The molecule has 1 heterocycles. The first-order chi connectivity index (χ1) is 8.19. The molecule has 1 aromatic rings. The molecule has 0 aliphatic rings. The Balaban J connectivity index is 2.67. The highest BCUT2D eigenvalue weighted by Gasteiger charge is 2.08. The van der Waals surface area contributed by atoms with Gasteiger partial charge in [-0.15, -0.1) is 0 Å². The summed E-state index contributed by atoms with van der Waals surface area (Å²) in [5.74, 6) is 4.09. The van der Waals surface area contributed by atoms with Crippen molar-refractivity contribution < 1.29 is 0 Å². The minimum atomic E-state index is 0.419. The molecular weight excluding hydrogens is 232 g/mol. The average Bonchev–Trinajstić information content (AvgIpc) is 2.32. The molecule has 0 spiro atoms. The van der Waals surface area contributed by atoms with Crippen LogP contribution in [0.3, 0.4) is 0 Å². The van der Waals surface area contributed by atoms with E-state index in [1.54, 1.807) is 6.33 Å². The molecule has 0 aliphatic heterocycles. The summed E-state index contributed by atoms with van der Waals surface area (Å²) in [6, 6.07) is 0.419. The van der Waals surface area contributed by atoms with Crippen LogP contribution in [0.2, 0.25) is 0 Å². The molecule has 4 nitrogen and oxygen atoms in total. The third kappa shape index (κ3) is 4.42. The maximum absolute atomic E-state index is 4.30. The Labute approximate surface area is 108 Å². The first-order valence-corrected chi connectivity index (χ1v) is 7.24. The first kappa shape index (κ1) is 14.1. The number of anilines is 2. The van der Waals surface area contributed by atoms with Gasteiger partial charge in [0.05, 0.1) is 0 Å². The number of hydrogen-bond acceptors (Lipinski definition) is 5. The zero-order valence-electron chi connectivity index (χ0n) is 11.1. The molecule has 0 amide bonds. The minimum Gasteiger partial charge on any atom is -0.370 e. The van der Waals surface area contributed by atoms with Crippen molar-refractivity contribution in [3.05, 3.63) is 11.9 Å². The number of nitrogens with one attached hydrogen (secondary N) is 2. The number of rotatable bonds is 7. The molecule has 1 aromatic heterocycles. The van der Waals surface area contributed by atoms with E-state index >= 15 is 0 Å². The quantitative estimate of drug-likeness (QED) is 0.783. The normalized spacial score (nSPS) is 12.2. The second-order valence-corrected chi connectivity index (χ2v) is 5.25. The maximum atomic E-state index is 4.30. The lowest BCUT2D eigenvalue weighted by atomic mass is 10.3. The van der Waals surface area contributed by atoms with Gasteiger partial charge in [0.25, 0.3) is 0 Å². The van der Waals surface area contributed by atoms with Crippen LogP contribution in [0.4, 0.5) is 11.6 Å². The molecule has 0 bridgehead atoms. The number of aromatic nitrogens is 2. The number of thioether (sulfide) groups is 1. The predicted molar refractivity (Wildman–Crippen MR) is 77.0 cm³/mol. The number of nitrogens with zero attached hydrogens (tertiary/aromatic N) is 2. The lowest BCUT2D eigenvalue weighted by Crippen LogP contribution is -2.20. The van der Waals surface area contributed by atoms with Crippen LogP contribution in [0.5, 0.6) is 0 Å². The Kier molecular flexibility index (Phi) is 6.11. The summed E-state index contributed by atoms with van der Waals surface area (Å²) in [4.78, 5) is 8.53. The third-order valence-corrected chi connectivity index (χ3v) is 3.53. The molecule has 0 aromatic carbocycles. The third-order valence-electron chi connectivity index (χ3n) is 2.38. The molecule has 0 fully saturated rings. The smallest absolute Gasteiger partial charge is 0.134 e. The lowest BCUT2D eigenvalue weighted by Gasteiger charge is -2.16. The average molecular weight is 254 g/mol. The molecule has 17 heavy (non-hydrogen) atoms. The van der Waals surface area contributed by atoms with Crippen molar-refractivity contribution in [3.8, 4) is 0 Å². The van der Waals surface area contributed by atoms with E-state index in [0.717, 1.165) is 35.2 Å². The van der Waals surface area contributed by atoms with Crippen LogP contribution >= 0.6 is 11.8 Å². The van der Waals surface area contributed by atoms with Gasteiger partial charge in [0, 0.05) is 23.9 Å². The molecule has 96 valence electrons. The second-order valence-electron chi connectivity index (χ2n) is 3.93. The van der Waals surface area contributed by atoms with Gasteiger partial charge < -0.3 is 10.6 Å². The van der Waals surface area contributed by atoms with E-state index < -0.39 is 0 Å². The summed E-state index contributed by atoms with van der Waals surface area (Å²) in [6.45, 7) is 9.33. The predicted octanol–water partition coefficient (Wildman–Crippen LogP) is 2.77. The van der Waals surface area contributed by atoms with Gasteiger partial charge in [0.1, 0.15) is 18.0 Å². The maximum Gasteiger partial charge on any atom is 0.134 e. The van der Waals surface area contributed by atoms with Crippen LogP contribution in [0.1, 0.15) is 26.3 Å². The molecule has 1 unspecified atom stereocenters. The standard InChI is InChI=1S/C12H22N4S/c1-5-13-11-10(4)12(15-8-14-11)16-9(3)7-17-6-2/h8-9H,5-7H2,1-4H3,(H2,13,14,15,16). The van der Waals surface area contributed by atoms with Gasteiger partial charge in [-0.1, -0.05) is 6.92 Å². The highest BCUT2D eigenvalue weighted by Crippen LogP contribution is 2.19. The van der Waals surface area contributed by atoms with Crippen LogP contribution in [0.15, 0.2) is 6.33 Å². The fourth-order valence-electron chi connectivity index (χ4n) is 1.51. The Morgan fingerprint density at radius 1 is 1.29 bits per heavy atom. The molecule has 1 atom stereocenters.